The first-order chi connectivity index (χ1) is 10.1. The largest absolute Gasteiger partial charge is 0.416 e. The Labute approximate surface area is 129 Å². The molecule has 1 aromatic heterocycles. The van der Waals surface area contributed by atoms with Crippen LogP contribution in [0.2, 0.25) is 5.15 Å². The number of carbonyl (C=O) groups excluding carboxylic acids is 1. The highest BCUT2D eigenvalue weighted by Gasteiger charge is 2.32. The van der Waals surface area contributed by atoms with E-state index in [1.807, 2.05) is 0 Å². The summed E-state index contributed by atoms with van der Waals surface area (Å²) >= 11 is 5.96. The van der Waals surface area contributed by atoms with Gasteiger partial charge in [0.05, 0.1) is 16.8 Å². The number of alkyl halides is 3. The number of aryl methyl sites for hydroxylation is 3. The van der Waals surface area contributed by atoms with Crippen LogP contribution in [0.15, 0.2) is 18.2 Å². The number of nitrogens with one attached hydrogen (secondary N) is 1. The average Bonchev–Trinajstić information content (AvgIpc) is 2.64. The summed E-state index contributed by atoms with van der Waals surface area (Å²) in [5, 5.41) is 6.53. The normalized spacial score (nSPS) is 11.6. The molecule has 0 radical (unpaired) electrons. The molecule has 1 N–H and O–H groups in total. The van der Waals surface area contributed by atoms with E-state index in [1.54, 1.807) is 14.0 Å². The number of hydrogen-bond acceptors (Lipinski definition) is 2. The second-order valence-corrected chi connectivity index (χ2v) is 5.21. The van der Waals surface area contributed by atoms with Gasteiger partial charge in [-0.3, -0.25) is 9.48 Å². The van der Waals surface area contributed by atoms with Crippen LogP contribution in [0.4, 0.5) is 18.9 Å². The average molecular weight is 332 g/mol. The lowest BCUT2D eigenvalue weighted by atomic mass is 10.1. The van der Waals surface area contributed by atoms with Crippen molar-refractivity contribution < 1.29 is 18.0 Å². The number of aromatic nitrogens is 2. The molecule has 4 nitrogen and oxygen atoms in total. The molecule has 1 heterocycles. The van der Waals surface area contributed by atoms with Crippen LogP contribution < -0.4 is 5.32 Å². The van der Waals surface area contributed by atoms with Crippen molar-refractivity contribution in [1.29, 1.82) is 0 Å². The number of nitrogens with zero attached hydrogens (tertiary/aromatic N) is 2. The second-order valence-electron chi connectivity index (χ2n) is 4.86. The summed E-state index contributed by atoms with van der Waals surface area (Å²) in [6.45, 7) is 2.95. The zero-order chi connectivity index (χ0) is 16.7. The minimum atomic E-state index is -4.48. The Kier molecular flexibility index (Phi) is 4.19. The number of rotatable bonds is 2. The molecular formula is C14H13ClF3N3O. The number of benzene rings is 1. The van der Waals surface area contributed by atoms with Crippen LogP contribution in [-0.2, 0) is 13.2 Å². The molecule has 2 rings (SSSR count). The van der Waals surface area contributed by atoms with Crippen molar-refractivity contribution in [2.24, 2.45) is 7.05 Å². The van der Waals surface area contributed by atoms with Gasteiger partial charge in [0, 0.05) is 12.7 Å². The molecule has 0 aliphatic rings. The summed E-state index contributed by atoms with van der Waals surface area (Å²) in [5.41, 5.74) is -0.130. The zero-order valence-electron chi connectivity index (χ0n) is 12.0. The monoisotopic (exact) mass is 331 g/mol. The molecule has 118 valence electrons. The van der Waals surface area contributed by atoms with Gasteiger partial charge in [0.1, 0.15) is 5.15 Å². The molecule has 0 saturated carbocycles. The predicted molar refractivity (Wildman–Crippen MR) is 77.1 cm³/mol. The maximum atomic E-state index is 12.9. The van der Waals surface area contributed by atoms with E-state index in [2.05, 4.69) is 10.4 Å². The molecule has 0 aliphatic heterocycles. The van der Waals surface area contributed by atoms with Crippen LogP contribution >= 0.6 is 11.6 Å². The SMILES string of the molecule is Cc1ccc(NC(=O)c2c(C)nn(C)c2Cl)cc1C(F)(F)F. The van der Waals surface area contributed by atoms with Crippen LogP contribution in [-0.4, -0.2) is 15.7 Å². The lowest BCUT2D eigenvalue weighted by molar-refractivity contribution is -0.138. The summed E-state index contributed by atoms with van der Waals surface area (Å²) < 4.78 is 39.9. The first-order valence-corrected chi connectivity index (χ1v) is 6.67. The van der Waals surface area contributed by atoms with E-state index in [9.17, 15) is 18.0 Å². The van der Waals surface area contributed by atoms with Gasteiger partial charge >= 0.3 is 6.18 Å². The smallest absolute Gasteiger partial charge is 0.322 e. The minimum Gasteiger partial charge on any atom is -0.322 e. The standard InChI is InChI=1S/C14H13ClF3N3O/c1-7-4-5-9(6-10(7)14(16,17)18)19-13(22)11-8(2)20-21(3)12(11)15/h4-6H,1-3H3,(H,19,22). The molecule has 2 aromatic rings. The molecule has 8 heteroatoms. The van der Waals surface area contributed by atoms with Gasteiger partial charge in [-0.2, -0.15) is 18.3 Å². The van der Waals surface area contributed by atoms with Crippen molar-refractivity contribution in [2.45, 2.75) is 20.0 Å². The van der Waals surface area contributed by atoms with E-state index in [1.165, 1.54) is 23.7 Å². The third-order valence-corrected chi connectivity index (χ3v) is 3.61. The Bertz CT molecular complexity index is 738. The van der Waals surface area contributed by atoms with Gasteiger partial charge in [0.2, 0.25) is 0 Å². The summed E-state index contributed by atoms with van der Waals surface area (Å²) in [6.07, 6.45) is -4.48. The fourth-order valence-corrected chi connectivity index (χ4v) is 2.35. The van der Waals surface area contributed by atoms with Gasteiger partial charge in [-0.15, -0.1) is 0 Å². The first kappa shape index (κ1) is 16.4. The van der Waals surface area contributed by atoms with Gasteiger partial charge in [-0.05, 0) is 31.5 Å². The molecule has 0 unspecified atom stereocenters. The highest BCUT2D eigenvalue weighted by Crippen LogP contribution is 2.33. The fraction of sp³-hybridized carbons (Fsp3) is 0.286. The molecular weight excluding hydrogens is 319 g/mol. The predicted octanol–water partition coefficient (Wildman–Crippen LogP) is 3.96. The first-order valence-electron chi connectivity index (χ1n) is 6.29. The molecule has 0 saturated heterocycles. The molecule has 1 aromatic carbocycles. The van der Waals surface area contributed by atoms with E-state index in [0.29, 0.717) is 5.69 Å². The van der Waals surface area contributed by atoms with Crippen molar-refractivity contribution in [3.05, 3.63) is 45.7 Å². The number of amides is 1. The van der Waals surface area contributed by atoms with Crippen LogP contribution in [0.1, 0.15) is 27.2 Å². The second kappa shape index (κ2) is 5.64. The Morgan fingerprint density at radius 2 is 1.95 bits per heavy atom. The third-order valence-electron chi connectivity index (χ3n) is 3.18. The molecule has 1 amide bonds. The van der Waals surface area contributed by atoms with E-state index in [-0.39, 0.29) is 22.0 Å². The topological polar surface area (TPSA) is 46.9 Å². The van der Waals surface area contributed by atoms with Gasteiger partial charge in [-0.1, -0.05) is 17.7 Å². The van der Waals surface area contributed by atoms with Crippen molar-refractivity contribution in [1.82, 2.24) is 9.78 Å². The summed E-state index contributed by atoms with van der Waals surface area (Å²) in [6, 6.07) is 3.60. The third kappa shape index (κ3) is 3.09. The summed E-state index contributed by atoms with van der Waals surface area (Å²) in [4.78, 5) is 12.2. The number of carbonyl (C=O) groups is 1. The quantitative estimate of drug-likeness (QED) is 0.905. The van der Waals surface area contributed by atoms with Gasteiger partial charge in [0.25, 0.3) is 5.91 Å². The maximum absolute atomic E-state index is 12.9. The maximum Gasteiger partial charge on any atom is 0.416 e. The fourth-order valence-electron chi connectivity index (χ4n) is 2.09. The Morgan fingerprint density at radius 1 is 1.32 bits per heavy atom. The van der Waals surface area contributed by atoms with E-state index < -0.39 is 17.6 Å². The summed E-state index contributed by atoms with van der Waals surface area (Å²) in [7, 11) is 1.57. The number of hydrogen-bond donors (Lipinski definition) is 1. The van der Waals surface area contributed by atoms with E-state index in [0.717, 1.165) is 6.07 Å². The van der Waals surface area contributed by atoms with Crippen molar-refractivity contribution in [3.63, 3.8) is 0 Å². The highest BCUT2D eigenvalue weighted by molar-refractivity contribution is 6.33. The van der Waals surface area contributed by atoms with Gasteiger partial charge < -0.3 is 5.32 Å². The van der Waals surface area contributed by atoms with Crippen molar-refractivity contribution in [2.75, 3.05) is 5.32 Å². The molecule has 22 heavy (non-hydrogen) atoms. The number of anilines is 1. The molecule has 0 spiro atoms. The van der Waals surface area contributed by atoms with Crippen LogP contribution in [0, 0.1) is 13.8 Å². The van der Waals surface area contributed by atoms with Crippen LogP contribution in [0.5, 0.6) is 0 Å². The minimum absolute atomic E-state index is 0.0437. The number of halogens is 4. The lowest BCUT2D eigenvalue weighted by Crippen LogP contribution is -2.15. The Morgan fingerprint density at radius 3 is 2.45 bits per heavy atom. The Hall–Kier alpha value is -2.02. The highest BCUT2D eigenvalue weighted by atomic mass is 35.5. The lowest BCUT2D eigenvalue weighted by Gasteiger charge is -2.12. The van der Waals surface area contributed by atoms with Crippen LogP contribution in [0.25, 0.3) is 0 Å². The van der Waals surface area contributed by atoms with Crippen molar-refractivity contribution in [3.8, 4) is 0 Å². The van der Waals surface area contributed by atoms with Gasteiger partial charge in [0.15, 0.2) is 0 Å². The van der Waals surface area contributed by atoms with Crippen LogP contribution in [0.3, 0.4) is 0 Å². The molecule has 0 fully saturated rings. The molecule has 0 aliphatic carbocycles. The zero-order valence-corrected chi connectivity index (χ0v) is 12.8. The van der Waals surface area contributed by atoms with E-state index >= 15 is 0 Å². The Balaban J connectivity index is 2.33. The van der Waals surface area contributed by atoms with Gasteiger partial charge in [-0.25, -0.2) is 0 Å². The van der Waals surface area contributed by atoms with Crippen molar-refractivity contribution >= 4 is 23.2 Å². The molecule has 0 atom stereocenters. The summed E-state index contributed by atoms with van der Waals surface area (Å²) in [5.74, 6) is -0.604. The molecule has 0 bridgehead atoms. The van der Waals surface area contributed by atoms with E-state index in [4.69, 9.17) is 11.6 Å².